The van der Waals surface area contributed by atoms with E-state index in [0.29, 0.717) is 26.4 Å². The predicted molar refractivity (Wildman–Crippen MR) is 70.0 cm³/mol. The molecule has 5 heteroatoms. The highest BCUT2D eigenvalue weighted by atomic mass is 16.7. The maximum Gasteiger partial charge on any atom is 0.157 e. The molecule has 2 rings (SSSR count). The van der Waals surface area contributed by atoms with Gasteiger partial charge in [0.2, 0.25) is 0 Å². The molecule has 2 aliphatic rings. The molecule has 0 aromatic heterocycles. The van der Waals surface area contributed by atoms with Gasteiger partial charge in [-0.15, -0.1) is 0 Å². The molecule has 0 spiro atoms. The van der Waals surface area contributed by atoms with Crippen LogP contribution in [0.4, 0.5) is 0 Å². The van der Waals surface area contributed by atoms with E-state index in [1.807, 2.05) is 0 Å². The summed E-state index contributed by atoms with van der Waals surface area (Å²) < 4.78 is 22.0. The zero-order valence-corrected chi connectivity index (χ0v) is 11.6. The smallest absolute Gasteiger partial charge is 0.157 e. The zero-order valence-electron chi connectivity index (χ0n) is 11.6. The molecule has 1 aliphatic carbocycles. The van der Waals surface area contributed by atoms with E-state index in [0.717, 1.165) is 38.7 Å². The molecule has 1 atom stereocenters. The van der Waals surface area contributed by atoms with E-state index in [2.05, 4.69) is 0 Å². The number of rotatable bonds is 9. The molecule has 1 saturated heterocycles. The second kappa shape index (κ2) is 8.87. The van der Waals surface area contributed by atoms with Crippen LogP contribution in [0.25, 0.3) is 0 Å². The average molecular weight is 274 g/mol. The van der Waals surface area contributed by atoms with Crippen LogP contribution in [-0.4, -0.2) is 56.6 Å². The Morgan fingerprint density at radius 3 is 2.63 bits per heavy atom. The summed E-state index contributed by atoms with van der Waals surface area (Å²) in [4.78, 5) is 0. The molecule has 2 fully saturated rings. The van der Waals surface area contributed by atoms with Crippen molar-refractivity contribution in [2.24, 2.45) is 0 Å². The van der Waals surface area contributed by atoms with Crippen molar-refractivity contribution in [3.8, 4) is 0 Å². The van der Waals surface area contributed by atoms with E-state index in [-0.39, 0.29) is 18.5 Å². The first kappa shape index (κ1) is 15.2. The molecule has 1 unspecified atom stereocenters. The van der Waals surface area contributed by atoms with Gasteiger partial charge < -0.3 is 24.1 Å². The molecular weight excluding hydrogens is 248 g/mol. The van der Waals surface area contributed by atoms with Crippen molar-refractivity contribution < 1.29 is 24.1 Å². The molecule has 0 aromatic rings. The van der Waals surface area contributed by atoms with E-state index >= 15 is 0 Å². The second-order valence-electron chi connectivity index (χ2n) is 5.25. The number of hydrogen-bond acceptors (Lipinski definition) is 5. The van der Waals surface area contributed by atoms with Crippen LogP contribution < -0.4 is 0 Å². The van der Waals surface area contributed by atoms with Crippen LogP contribution in [0.5, 0.6) is 0 Å². The van der Waals surface area contributed by atoms with Gasteiger partial charge in [-0.3, -0.25) is 0 Å². The third-order valence-corrected chi connectivity index (χ3v) is 3.53. The van der Waals surface area contributed by atoms with Gasteiger partial charge >= 0.3 is 0 Å². The normalized spacial score (nSPS) is 31.1. The second-order valence-corrected chi connectivity index (χ2v) is 5.25. The third-order valence-electron chi connectivity index (χ3n) is 3.53. The lowest BCUT2D eigenvalue weighted by atomic mass is 9.92. The lowest BCUT2D eigenvalue weighted by molar-refractivity contribution is -0.169. The van der Waals surface area contributed by atoms with Gasteiger partial charge in [0, 0.05) is 19.8 Å². The predicted octanol–water partition coefficient (Wildman–Crippen LogP) is 1.48. The summed E-state index contributed by atoms with van der Waals surface area (Å²) in [7, 11) is 0. The van der Waals surface area contributed by atoms with Crippen LogP contribution in [-0.2, 0) is 18.9 Å². The summed E-state index contributed by atoms with van der Waals surface area (Å²) in [6.45, 7) is 3.44. The van der Waals surface area contributed by atoms with Crippen LogP contribution in [0.1, 0.15) is 38.5 Å². The third kappa shape index (κ3) is 6.19. The van der Waals surface area contributed by atoms with Gasteiger partial charge in [0.15, 0.2) is 6.29 Å². The summed E-state index contributed by atoms with van der Waals surface area (Å²) in [6.07, 6.45) is 5.92. The first-order valence-electron chi connectivity index (χ1n) is 7.45. The number of ether oxygens (including phenoxy) is 4. The zero-order chi connectivity index (χ0) is 13.3. The van der Waals surface area contributed by atoms with Gasteiger partial charge in [-0.05, 0) is 38.5 Å². The lowest BCUT2D eigenvalue weighted by Gasteiger charge is -2.31. The molecular formula is C14H26O5. The van der Waals surface area contributed by atoms with Crippen molar-refractivity contribution in [2.75, 3.05) is 33.0 Å². The fraction of sp³-hybridized carbons (Fsp3) is 1.00. The minimum absolute atomic E-state index is 0.0225. The highest BCUT2D eigenvalue weighted by Gasteiger charge is 2.27. The molecule has 112 valence electrons. The lowest BCUT2D eigenvalue weighted by Crippen LogP contribution is -2.35. The highest BCUT2D eigenvalue weighted by Crippen LogP contribution is 2.22. The van der Waals surface area contributed by atoms with E-state index in [9.17, 15) is 0 Å². The molecule has 1 aliphatic heterocycles. The summed E-state index contributed by atoms with van der Waals surface area (Å²) in [5, 5.41) is 9.10. The van der Waals surface area contributed by atoms with E-state index in [1.54, 1.807) is 0 Å². The summed E-state index contributed by atoms with van der Waals surface area (Å²) in [6, 6.07) is 0. The Kier molecular flexibility index (Phi) is 7.09. The van der Waals surface area contributed by atoms with Gasteiger partial charge in [-0.2, -0.15) is 0 Å². The summed E-state index contributed by atoms with van der Waals surface area (Å²) >= 11 is 0. The van der Waals surface area contributed by atoms with Crippen molar-refractivity contribution in [2.45, 2.75) is 57.0 Å². The van der Waals surface area contributed by atoms with E-state index < -0.39 is 0 Å². The molecule has 1 saturated carbocycles. The van der Waals surface area contributed by atoms with Gasteiger partial charge in [-0.1, -0.05) is 0 Å². The van der Waals surface area contributed by atoms with Crippen LogP contribution in [0.15, 0.2) is 0 Å². The molecule has 19 heavy (non-hydrogen) atoms. The number of aliphatic hydroxyl groups excluding tert-OH is 1. The Hall–Kier alpha value is -0.200. The minimum atomic E-state index is -0.139. The highest BCUT2D eigenvalue weighted by molar-refractivity contribution is 4.78. The minimum Gasteiger partial charge on any atom is -0.393 e. The molecule has 1 N–H and O–H groups in total. The summed E-state index contributed by atoms with van der Waals surface area (Å²) in [5.41, 5.74) is 0. The number of aliphatic hydroxyl groups is 1. The quantitative estimate of drug-likeness (QED) is 0.645. The van der Waals surface area contributed by atoms with E-state index in [4.69, 9.17) is 24.1 Å². The van der Waals surface area contributed by atoms with Crippen molar-refractivity contribution in [3.63, 3.8) is 0 Å². The molecule has 1 heterocycles. The fourth-order valence-corrected chi connectivity index (χ4v) is 2.27. The maximum atomic E-state index is 9.10. The Morgan fingerprint density at radius 1 is 1.00 bits per heavy atom. The fourth-order valence-electron chi connectivity index (χ4n) is 2.27. The Balaban J connectivity index is 1.30. The average Bonchev–Trinajstić information content (AvgIpc) is 2.40. The van der Waals surface area contributed by atoms with Crippen molar-refractivity contribution in [3.05, 3.63) is 0 Å². The molecule has 5 nitrogen and oxygen atoms in total. The first-order valence-corrected chi connectivity index (χ1v) is 7.45. The standard InChI is InChI=1S/C14H26O5/c15-12-10-13(11-12)17-7-3-5-16-8-9-19-14-4-1-2-6-18-14/h12-15H,1-11H2/t12-,13-,14?. The van der Waals surface area contributed by atoms with Crippen molar-refractivity contribution in [1.82, 2.24) is 0 Å². The van der Waals surface area contributed by atoms with Crippen LogP contribution in [0.2, 0.25) is 0 Å². The van der Waals surface area contributed by atoms with Gasteiger partial charge in [0.25, 0.3) is 0 Å². The largest absolute Gasteiger partial charge is 0.393 e. The summed E-state index contributed by atoms with van der Waals surface area (Å²) in [5.74, 6) is 0. The van der Waals surface area contributed by atoms with Gasteiger partial charge in [0.05, 0.1) is 25.4 Å². The van der Waals surface area contributed by atoms with Crippen LogP contribution in [0, 0.1) is 0 Å². The molecule has 0 bridgehead atoms. The van der Waals surface area contributed by atoms with Crippen LogP contribution in [0.3, 0.4) is 0 Å². The molecule has 0 aromatic carbocycles. The molecule has 0 amide bonds. The monoisotopic (exact) mass is 274 g/mol. The van der Waals surface area contributed by atoms with E-state index in [1.165, 1.54) is 6.42 Å². The topological polar surface area (TPSA) is 57.2 Å². The first-order chi connectivity index (χ1) is 9.34. The Morgan fingerprint density at radius 2 is 1.89 bits per heavy atom. The Bertz CT molecular complexity index is 224. The van der Waals surface area contributed by atoms with Gasteiger partial charge in [-0.25, -0.2) is 0 Å². The SMILES string of the molecule is O[C@H]1C[C@H](OCCCOCCOC2CCCCO2)C1. The molecule has 0 radical (unpaired) electrons. The van der Waals surface area contributed by atoms with Crippen molar-refractivity contribution >= 4 is 0 Å². The number of hydrogen-bond donors (Lipinski definition) is 1. The van der Waals surface area contributed by atoms with Crippen LogP contribution >= 0.6 is 0 Å². The Labute approximate surface area is 115 Å². The van der Waals surface area contributed by atoms with Crippen molar-refractivity contribution in [1.29, 1.82) is 0 Å². The maximum absolute atomic E-state index is 9.10. The van der Waals surface area contributed by atoms with Gasteiger partial charge in [0.1, 0.15) is 0 Å².